The van der Waals surface area contributed by atoms with E-state index in [4.69, 9.17) is 9.47 Å². The average molecular weight is 346 g/mol. The van der Waals surface area contributed by atoms with Crippen LogP contribution >= 0.6 is 0 Å². The number of rotatable bonds is 5. The van der Waals surface area contributed by atoms with Crippen LogP contribution in [0.25, 0.3) is 0 Å². The second-order valence-electron chi connectivity index (χ2n) is 7.21. The van der Waals surface area contributed by atoms with Crippen molar-refractivity contribution < 1.29 is 14.3 Å². The topological polar surface area (TPSA) is 42.0 Å². The second-order valence-corrected chi connectivity index (χ2v) is 7.21. The van der Waals surface area contributed by atoms with Crippen LogP contribution < -0.4 is 9.47 Å². The van der Waals surface area contributed by atoms with E-state index < -0.39 is 0 Å². The SMILES string of the molecule is COc1ccc([C@H]2CCCN2CC2CCN(C(C)=O)CC2)c(OC)c1. The van der Waals surface area contributed by atoms with Gasteiger partial charge in [0.05, 0.1) is 14.2 Å². The number of carbonyl (C=O) groups is 1. The molecule has 0 unspecified atom stereocenters. The average Bonchev–Trinajstić information content (AvgIpc) is 3.09. The number of hydrogen-bond acceptors (Lipinski definition) is 4. The fourth-order valence-corrected chi connectivity index (χ4v) is 4.25. The zero-order valence-electron chi connectivity index (χ0n) is 15.7. The Balaban J connectivity index is 1.66. The fraction of sp³-hybridized carbons (Fsp3) is 0.650. The van der Waals surface area contributed by atoms with Gasteiger partial charge in [-0.25, -0.2) is 0 Å². The minimum Gasteiger partial charge on any atom is -0.497 e. The lowest BCUT2D eigenvalue weighted by molar-refractivity contribution is -0.130. The molecule has 0 radical (unpaired) electrons. The van der Waals surface area contributed by atoms with Crippen LogP contribution in [-0.2, 0) is 4.79 Å². The predicted molar refractivity (Wildman–Crippen MR) is 98.1 cm³/mol. The summed E-state index contributed by atoms with van der Waals surface area (Å²) in [6.45, 7) is 5.75. The summed E-state index contributed by atoms with van der Waals surface area (Å²) in [7, 11) is 3.42. The summed E-state index contributed by atoms with van der Waals surface area (Å²) in [6.07, 6.45) is 4.63. The highest BCUT2D eigenvalue weighted by molar-refractivity contribution is 5.73. The number of piperidine rings is 1. The monoisotopic (exact) mass is 346 g/mol. The number of likely N-dealkylation sites (tertiary alicyclic amines) is 2. The van der Waals surface area contributed by atoms with Gasteiger partial charge in [0.1, 0.15) is 11.5 Å². The van der Waals surface area contributed by atoms with Gasteiger partial charge in [-0.05, 0) is 44.2 Å². The van der Waals surface area contributed by atoms with Crippen LogP contribution in [0.1, 0.15) is 44.2 Å². The minimum absolute atomic E-state index is 0.209. The molecule has 5 heteroatoms. The highest BCUT2D eigenvalue weighted by Gasteiger charge is 2.31. The van der Waals surface area contributed by atoms with Gasteiger partial charge in [0.2, 0.25) is 5.91 Å². The number of ether oxygens (including phenoxy) is 2. The number of nitrogens with zero attached hydrogens (tertiary/aromatic N) is 2. The Kier molecular flexibility index (Phi) is 5.84. The van der Waals surface area contributed by atoms with Gasteiger partial charge in [-0.15, -0.1) is 0 Å². The van der Waals surface area contributed by atoms with E-state index in [0.29, 0.717) is 12.0 Å². The van der Waals surface area contributed by atoms with Gasteiger partial charge in [-0.2, -0.15) is 0 Å². The van der Waals surface area contributed by atoms with Gasteiger partial charge in [-0.3, -0.25) is 9.69 Å². The Labute approximate surface area is 150 Å². The molecular weight excluding hydrogens is 316 g/mol. The van der Waals surface area contributed by atoms with Crippen molar-refractivity contribution in [3.05, 3.63) is 23.8 Å². The van der Waals surface area contributed by atoms with Gasteiger partial charge in [0, 0.05) is 44.2 Å². The van der Waals surface area contributed by atoms with Crippen LogP contribution in [0.5, 0.6) is 11.5 Å². The molecule has 0 spiro atoms. The third-order valence-corrected chi connectivity index (χ3v) is 5.72. The van der Waals surface area contributed by atoms with Crippen molar-refractivity contribution in [2.75, 3.05) is 40.4 Å². The molecule has 1 aromatic rings. The van der Waals surface area contributed by atoms with Gasteiger partial charge >= 0.3 is 0 Å². The molecule has 25 heavy (non-hydrogen) atoms. The minimum atomic E-state index is 0.209. The number of carbonyl (C=O) groups excluding carboxylic acids is 1. The molecule has 2 aliphatic rings. The number of methoxy groups -OCH3 is 2. The van der Waals surface area contributed by atoms with Crippen molar-refractivity contribution in [1.82, 2.24) is 9.80 Å². The Bertz CT molecular complexity index is 597. The third-order valence-electron chi connectivity index (χ3n) is 5.72. The normalized spacial score (nSPS) is 22.2. The van der Waals surface area contributed by atoms with E-state index in [0.717, 1.165) is 50.5 Å². The van der Waals surface area contributed by atoms with Crippen molar-refractivity contribution in [3.8, 4) is 11.5 Å². The second kappa shape index (κ2) is 8.09. The quantitative estimate of drug-likeness (QED) is 0.822. The molecule has 0 aromatic heterocycles. The van der Waals surface area contributed by atoms with Crippen molar-refractivity contribution in [1.29, 1.82) is 0 Å². The lowest BCUT2D eigenvalue weighted by Gasteiger charge is -2.35. The van der Waals surface area contributed by atoms with E-state index >= 15 is 0 Å². The standard InChI is InChI=1S/C20H30N2O3/c1-15(23)21-11-8-16(9-12-21)14-22-10-4-5-19(22)18-7-6-17(24-2)13-20(18)25-3/h6-7,13,16,19H,4-5,8-12,14H2,1-3H3/t19-/m1/s1. The van der Waals surface area contributed by atoms with Crippen LogP contribution in [0.3, 0.4) is 0 Å². The highest BCUT2D eigenvalue weighted by Crippen LogP contribution is 2.39. The zero-order valence-corrected chi connectivity index (χ0v) is 15.7. The highest BCUT2D eigenvalue weighted by atomic mass is 16.5. The summed E-state index contributed by atoms with van der Waals surface area (Å²) in [4.78, 5) is 16.1. The lowest BCUT2D eigenvalue weighted by Crippen LogP contribution is -2.40. The van der Waals surface area contributed by atoms with Crippen molar-refractivity contribution >= 4 is 5.91 Å². The van der Waals surface area contributed by atoms with E-state index in [1.54, 1.807) is 21.1 Å². The molecule has 138 valence electrons. The molecule has 2 heterocycles. The Hall–Kier alpha value is -1.75. The molecule has 1 atom stereocenters. The Morgan fingerprint density at radius 1 is 1.12 bits per heavy atom. The van der Waals surface area contributed by atoms with Gasteiger partial charge in [0.15, 0.2) is 0 Å². The first kappa shape index (κ1) is 18.1. The molecular formula is C20H30N2O3. The van der Waals surface area contributed by atoms with Gasteiger partial charge in [0.25, 0.3) is 0 Å². The lowest BCUT2D eigenvalue weighted by atomic mass is 9.95. The number of hydrogen-bond donors (Lipinski definition) is 0. The molecule has 0 aliphatic carbocycles. The largest absolute Gasteiger partial charge is 0.497 e. The summed E-state index contributed by atoms with van der Waals surface area (Å²) in [6, 6.07) is 6.59. The molecule has 0 N–H and O–H groups in total. The van der Waals surface area contributed by atoms with Crippen LogP contribution in [-0.4, -0.2) is 56.1 Å². The van der Waals surface area contributed by atoms with E-state index in [9.17, 15) is 4.79 Å². The first-order valence-corrected chi connectivity index (χ1v) is 9.34. The summed E-state index contributed by atoms with van der Waals surface area (Å²) < 4.78 is 11.0. The van der Waals surface area contributed by atoms with E-state index in [2.05, 4.69) is 11.0 Å². The third kappa shape index (κ3) is 4.09. The molecule has 2 aliphatic heterocycles. The molecule has 2 fully saturated rings. The number of amides is 1. The molecule has 3 rings (SSSR count). The predicted octanol–water partition coefficient (Wildman–Crippen LogP) is 3.10. The molecule has 5 nitrogen and oxygen atoms in total. The van der Waals surface area contributed by atoms with Crippen LogP contribution in [0, 0.1) is 5.92 Å². The van der Waals surface area contributed by atoms with Gasteiger partial charge < -0.3 is 14.4 Å². The first-order valence-electron chi connectivity index (χ1n) is 9.34. The summed E-state index contributed by atoms with van der Waals surface area (Å²) in [5, 5.41) is 0. The Morgan fingerprint density at radius 3 is 2.52 bits per heavy atom. The smallest absolute Gasteiger partial charge is 0.219 e. The molecule has 2 saturated heterocycles. The summed E-state index contributed by atoms with van der Waals surface area (Å²) in [5.74, 6) is 2.64. The molecule has 0 bridgehead atoms. The molecule has 0 saturated carbocycles. The Morgan fingerprint density at radius 2 is 1.88 bits per heavy atom. The number of benzene rings is 1. The van der Waals surface area contributed by atoms with Crippen LogP contribution in [0.15, 0.2) is 18.2 Å². The van der Waals surface area contributed by atoms with Crippen LogP contribution in [0.4, 0.5) is 0 Å². The van der Waals surface area contributed by atoms with Gasteiger partial charge in [-0.1, -0.05) is 6.07 Å². The first-order chi connectivity index (χ1) is 12.1. The van der Waals surface area contributed by atoms with Crippen molar-refractivity contribution in [2.24, 2.45) is 5.92 Å². The zero-order chi connectivity index (χ0) is 17.8. The maximum atomic E-state index is 11.5. The summed E-state index contributed by atoms with van der Waals surface area (Å²) in [5.41, 5.74) is 1.27. The van der Waals surface area contributed by atoms with E-state index in [1.165, 1.54) is 18.4 Å². The van der Waals surface area contributed by atoms with E-state index in [1.807, 2.05) is 17.0 Å². The van der Waals surface area contributed by atoms with Crippen molar-refractivity contribution in [2.45, 2.75) is 38.6 Å². The summed E-state index contributed by atoms with van der Waals surface area (Å²) >= 11 is 0. The van der Waals surface area contributed by atoms with E-state index in [-0.39, 0.29) is 5.91 Å². The van der Waals surface area contributed by atoms with Crippen LogP contribution in [0.2, 0.25) is 0 Å². The maximum absolute atomic E-state index is 11.5. The maximum Gasteiger partial charge on any atom is 0.219 e. The van der Waals surface area contributed by atoms with Crippen molar-refractivity contribution in [3.63, 3.8) is 0 Å². The molecule has 1 aromatic carbocycles. The molecule has 1 amide bonds. The fourth-order valence-electron chi connectivity index (χ4n) is 4.25.